The van der Waals surface area contributed by atoms with Crippen molar-refractivity contribution in [2.45, 2.75) is 32.1 Å². The molecular formula is C8H16N2O. The molecule has 0 atom stereocenters. The zero-order chi connectivity index (χ0) is 8.10. The van der Waals surface area contributed by atoms with Gasteiger partial charge in [0.15, 0.2) is 0 Å². The van der Waals surface area contributed by atoms with Gasteiger partial charge in [-0.1, -0.05) is 19.3 Å². The monoisotopic (exact) mass is 156 g/mol. The molecule has 0 aromatic heterocycles. The summed E-state index contributed by atoms with van der Waals surface area (Å²) in [4.78, 5) is 12.5. The van der Waals surface area contributed by atoms with Crippen LogP contribution in [-0.4, -0.2) is 24.0 Å². The van der Waals surface area contributed by atoms with Crippen LogP contribution in [0.15, 0.2) is 0 Å². The first-order chi connectivity index (χ1) is 5.30. The first-order valence-corrected chi connectivity index (χ1v) is 4.35. The van der Waals surface area contributed by atoms with Crippen LogP contribution in [0, 0.1) is 0 Å². The van der Waals surface area contributed by atoms with Crippen LogP contribution in [0.2, 0.25) is 0 Å². The Morgan fingerprint density at radius 3 is 1.91 bits per heavy atom. The summed E-state index contributed by atoms with van der Waals surface area (Å²) in [6.45, 7) is 1.71. The molecule has 3 nitrogen and oxygen atoms in total. The molecule has 1 rings (SSSR count). The van der Waals surface area contributed by atoms with E-state index in [0.29, 0.717) is 0 Å². The van der Waals surface area contributed by atoms with Crippen LogP contribution in [0.25, 0.3) is 0 Å². The third-order valence-corrected chi connectivity index (χ3v) is 2.17. The number of nitrogens with two attached hydrogens (primary N) is 1. The van der Waals surface area contributed by atoms with Gasteiger partial charge in [0.05, 0.1) is 0 Å². The molecule has 1 aliphatic rings. The summed E-state index contributed by atoms with van der Waals surface area (Å²) in [5.41, 5.74) is 5.17. The van der Waals surface area contributed by atoms with Gasteiger partial charge in [-0.3, -0.25) is 0 Å². The van der Waals surface area contributed by atoms with E-state index >= 15 is 0 Å². The molecule has 0 bridgehead atoms. The van der Waals surface area contributed by atoms with Crippen molar-refractivity contribution in [1.29, 1.82) is 0 Å². The second-order valence-corrected chi connectivity index (χ2v) is 3.09. The second-order valence-electron chi connectivity index (χ2n) is 3.09. The molecule has 0 unspecified atom stereocenters. The molecule has 0 aromatic rings. The maximum Gasteiger partial charge on any atom is 0.314 e. The minimum atomic E-state index is -0.257. The lowest BCUT2D eigenvalue weighted by molar-refractivity contribution is 0.202. The predicted octanol–water partition coefficient (Wildman–Crippen LogP) is 1.33. The topological polar surface area (TPSA) is 46.3 Å². The lowest BCUT2D eigenvalue weighted by Crippen LogP contribution is -2.37. The van der Waals surface area contributed by atoms with E-state index in [-0.39, 0.29) is 6.03 Å². The molecule has 3 heteroatoms. The highest BCUT2D eigenvalue weighted by molar-refractivity contribution is 5.71. The molecule has 11 heavy (non-hydrogen) atoms. The Hall–Kier alpha value is -0.730. The van der Waals surface area contributed by atoms with Gasteiger partial charge in [-0.15, -0.1) is 0 Å². The first kappa shape index (κ1) is 8.37. The van der Waals surface area contributed by atoms with Gasteiger partial charge in [-0.2, -0.15) is 0 Å². The number of hydrogen-bond acceptors (Lipinski definition) is 1. The summed E-state index contributed by atoms with van der Waals surface area (Å²) in [5.74, 6) is 0. The van der Waals surface area contributed by atoms with Crippen molar-refractivity contribution >= 4 is 6.03 Å². The van der Waals surface area contributed by atoms with Gasteiger partial charge >= 0.3 is 6.03 Å². The minimum Gasteiger partial charge on any atom is -0.351 e. The van der Waals surface area contributed by atoms with E-state index in [9.17, 15) is 4.79 Å². The molecule has 0 aliphatic carbocycles. The Bertz CT molecular complexity index is 128. The SMILES string of the molecule is NC(=O)N1CCCCCCC1. The smallest absolute Gasteiger partial charge is 0.314 e. The summed E-state index contributed by atoms with van der Waals surface area (Å²) in [5, 5.41) is 0. The highest BCUT2D eigenvalue weighted by atomic mass is 16.2. The molecule has 1 aliphatic heterocycles. The molecule has 2 N–H and O–H groups in total. The zero-order valence-electron chi connectivity index (χ0n) is 6.88. The van der Waals surface area contributed by atoms with Crippen molar-refractivity contribution in [3.63, 3.8) is 0 Å². The molecule has 0 aromatic carbocycles. The van der Waals surface area contributed by atoms with Crippen LogP contribution < -0.4 is 5.73 Å². The molecule has 2 amide bonds. The van der Waals surface area contributed by atoms with E-state index in [4.69, 9.17) is 5.73 Å². The van der Waals surface area contributed by atoms with Gasteiger partial charge in [0.2, 0.25) is 0 Å². The van der Waals surface area contributed by atoms with Crippen molar-refractivity contribution in [2.24, 2.45) is 5.73 Å². The fraction of sp³-hybridized carbons (Fsp3) is 0.875. The van der Waals surface area contributed by atoms with Crippen molar-refractivity contribution in [3.05, 3.63) is 0 Å². The Kier molecular flexibility index (Phi) is 3.20. The van der Waals surface area contributed by atoms with Crippen LogP contribution >= 0.6 is 0 Å². The summed E-state index contributed by atoms with van der Waals surface area (Å²) >= 11 is 0. The van der Waals surface area contributed by atoms with Crippen LogP contribution in [-0.2, 0) is 0 Å². The van der Waals surface area contributed by atoms with E-state index in [1.54, 1.807) is 4.90 Å². The van der Waals surface area contributed by atoms with Gasteiger partial charge < -0.3 is 10.6 Å². The maximum absolute atomic E-state index is 10.8. The molecule has 1 fully saturated rings. The Morgan fingerprint density at radius 1 is 1.00 bits per heavy atom. The lowest BCUT2D eigenvalue weighted by Gasteiger charge is -2.22. The molecule has 0 saturated carbocycles. The number of primary amides is 1. The van der Waals surface area contributed by atoms with Gasteiger partial charge in [0, 0.05) is 13.1 Å². The zero-order valence-corrected chi connectivity index (χ0v) is 6.88. The Morgan fingerprint density at radius 2 is 1.45 bits per heavy atom. The lowest BCUT2D eigenvalue weighted by atomic mass is 10.1. The number of amides is 2. The number of rotatable bonds is 0. The van der Waals surface area contributed by atoms with Crippen LogP contribution in [0.4, 0.5) is 4.79 Å². The fourth-order valence-corrected chi connectivity index (χ4v) is 1.47. The van der Waals surface area contributed by atoms with Crippen molar-refractivity contribution in [2.75, 3.05) is 13.1 Å². The molecular weight excluding hydrogens is 140 g/mol. The van der Waals surface area contributed by atoms with Gasteiger partial charge in [-0.05, 0) is 12.8 Å². The minimum absolute atomic E-state index is 0.257. The van der Waals surface area contributed by atoms with E-state index in [1.807, 2.05) is 0 Å². The average Bonchev–Trinajstić information content (AvgIpc) is 1.84. The normalized spacial score (nSPS) is 20.5. The van der Waals surface area contributed by atoms with Crippen molar-refractivity contribution < 1.29 is 4.79 Å². The number of carbonyl (C=O) groups is 1. The summed E-state index contributed by atoms with van der Waals surface area (Å²) < 4.78 is 0. The summed E-state index contributed by atoms with van der Waals surface area (Å²) in [7, 11) is 0. The third-order valence-electron chi connectivity index (χ3n) is 2.17. The number of hydrogen-bond donors (Lipinski definition) is 1. The molecule has 0 radical (unpaired) electrons. The number of carbonyl (C=O) groups excluding carboxylic acids is 1. The molecule has 0 spiro atoms. The first-order valence-electron chi connectivity index (χ1n) is 4.35. The van der Waals surface area contributed by atoms with Gasteiger partial charge in [-0.25, -0.2) is 4.79 Å². The average molecular weight is 156 g/mol. The number of nitrogens with zero attached hydrogens (tertiary/aromatic N) is 1. The van der Waals surface area contributed by atoms with Gasteiger partial charge in [0.25, 0.3) is 0 Å². The third kappa shape index (κ3) is 2.78. The predicted molar refractivity (Wildman–Crippen MR) is 44.2 cm³/mol. The van der Waals surface area contributed by atoms with E-state index in [2.05, 4.69) is 0 Å². The van der Waals surface area contributed by atoms with E-state index < -0.39 is 0 Å². The highest BCUT2D eigenvalue weighted by Gasteiger charge is 2.10. The van der Waals surface area contributed by atoms with Crippen LogP contribution in [0.1, 0.15) is 32.1 Å². The quantitative estimate of drug-likeness (QED) is 0.565. The summed E-state index contributed by atoms with van der Waals surface area (Å²) in [6, 6.07) is -0.257. The number of urea groups is 1. The Labute approximate surface area is 67.5 Å². The standard InChI is InChI=1S/C8H16N2O/c9-8(11)10-6-4-2-1-3-5-7-10/h1-7H2,(H2,9,11). The van der Waals surface area contributed by atoms with E-state index in [1.165, 1.54) is 19.3 Å². The van der Waals surface area contributed by atoms with Crippen LogP contribution in [0.5, 0.6) is 0 Å². The maximum atomic E-state index is 10.8. The molecule has 1 heterocycles. The second kappa shape index (κ2) is 4.21. The fourth-order valence-electron chi connectivity index (χ4n) is 1.47. The van der Waals surface area contributed by atoms with E-state index in [0.717, 1.165) is 25.9 Å². The molecule has 1 saturated heterocycles. The molecule has 64 valence electrons. The largest absolute Gasteiger partial charge is 0.351 e. The summed E-state index contributed by atoms with van der Waals surface area (Å²) in [6.07, 6.45) is 6.02. The number of likely N-dealkylation sites (tertiary alicyclic amines) is 1. The van der Waals surface area contributed by atoms with Crippen LogP contribution in [0.3, 0.4) is 0 Å². The highest BCUT2D eigenvalue weighted by Crippen LogP contribution is 2.09. The van der Waals surface area contributed by atoms with Gasteiger partial charge in [0.1, 0.15) is 0 Å². The van der Waals surface area contributed by atoms with Crippen molar-refractivity contribution in [1.82, 2.24) is 4.90 Å². The Balaban J connectivity index is 2.32. The van der Waals surface area contributed by atoms with Crippen molar-refractivity contribution in [3.8, 4) is 0 Å².